The Bertz CT molecular complexity index is 380. The molecule has 1 aliphatic carbocycles. The highest BCUT2D eigenvalue weighted by Gasteiger charge is 2.27. The first-order valence-corrected chi connectivity index (χ1v) is 9.25. The number of nitrogens with one attached hydrogen (secondary N) is 1. The Hall–Kier alpha value is -0.410. The number of hydrogen-bond donors (Lipinski definition) is 1. The summed E-state index contributed by atoms with van der Waals surface area (Å²) in [6.07, 6.45) is 9.39. The Kier molecular flexibility index (Phi) is 6.50. The third-order valence-electron chi connectivity index (χ3n) is 4.76. The standard InChI is InChI=1S/C17H30N2S/c1-4-10-18-16(11-17-19-13(3)12-20-17)15-8-6-14(5-2)7-9-15/h12,14-16,18H,4-11H2,1-3H3. The summed E-state index contributed by atoms with van der Waals surface area (Å²) in [6, 6.07) is 0.637. The van der Waals surface area contributed by atoms with E-state index >= 15 is 0 Å². The van der Waals surface area contributed by atoms with Gasteiger partial charge < -0.3 is 5.32 Å². The molecule has 0 amide bonds. The number of rotatable bonds is 7. The van der Waals surface area contributed by atoms with Gasteiger partial charge in [0.25, 0.3) is 0 Å². The monoisotopic (exact) mass is 294 g/mol. The first-order valence-electron chi connectivity index (χ1n) is 8.37. The Morgan fingerprint density at radius 3 is 2.60 bits per heavy atom. The maximum Gasteiger partial charge on any atom is 0.0943 e. The first-order chi connectivity index (χ1) is 9.72. The number of aromatic nitrogens is 1. The minimum atomic E-state index is 0.637. The number of hydrogen-bond acceptors (Lipinski definition) is 3. The van der Waals surface area contributed by atoms with Gasteiger partial charge in [0.2, 0.25) is 0 Å². The van der Waals surface area contributed by atoms with E-state index in [1.54, 1.807) is 0 Å². The van der Waals surface area contributed by atoms with Crippen molar-refractivity contribution in [3.05, 3.63) is 16.1 Å². The van der Waals surface area contributed by atoms with E-state index in [1.165, 1.54) is 49.2 Å². The van der Waals surface area contributed by atoms with Crippen LogP contribution in [-0.2, 0) is 6.42 Å². The van der Waals surface area contributed by atoms with E-state index in [9.17, 15) is 0 Å². The zero-order valence-electron chi connectivity index (χ0n) is 13.3. The van der Waals surface area contributed by atoms with Crippen LogP contribution >= 0.6 is 11.3 Å². The zero-order chi connectivity index (χ0) is 14.4. The molecule has 2 rings (SSSR count). The summed E-state index contributed by atoms with van der Waals surface area (Å²) in [6.45, 7) is 7.84. The van der Waals surface area contributed by atoms with Crippen LogP contribution < -0.4 is 5.32 Å². The molecule has 0 aliphatic heterocycles. The fourth-order valence-corrected chi connectivity index (χ4v) is 4.25. The third kappa shape index (κ3) is 4.56. The second-order valence-electron chi connectivity index (χ2n) is 6.34. The molecule has 2 nitrogen and oxygen atoms in total. The molecule has 0 spiro atoms. The second-order valence-corrected chi connectivity index (χ2v) is 7.28. The molecule has 0 bridgehead atoms. The van der Waals surface area contributed by atoms with E-state index in [0.29, 0.717) is 6.04 Å². The van der Waals surface area contributed by atoms with Gasteiger partial charge in [0, 0.05) is 23.5 Å². The highest BCUT2D eigenvalue weighted by molar-refractivity contribution is 7.09. The van der Waals surface area contributed by atoms with Crippen molar-refractivity contribution in [2.24, 2.45) is 11.8 Å². The predicted octanol–water partition coefficient (Wildman–Crippen LogP) is 4.58. The number of nitrogens with zero attached hydrogens (tertiary/aromatic N) is 1. The van der Waals surface area contributed by atoms with Crippen molar-refractivity contribution in [1.82, 2.24) is 10.3 Å². The normalized spacial score (nSPS) is 24.8. The van der Waals surface area contributed by atoms with Crippen LogP contribution in [-0.4, -0.2) is 17.6 Å². The Morgan fingerprint density at radius 2 is 2.05 bits per heavy atom. The van der Waals surface area contributed by atoms with Crippen molar-refractivity contribution in [3.63, 3.8) is 0 Å². The molecule has 0 radical (unpaired) electrons. The van der Waals surface area contributed by atoms with Crippen LogP contribution in [0, 0.1) is 18.8 Å². The lowest BCUT2D eigenvalue weighted by atomic mass is 9.77. The quantitative estimate of drug-likeness (QED) is 0.796. The summed E-state index contributed by atoms with van der Waals surface area (Å²) in [5.41, 5.74) is 1.17. The lowest BCUT2D eigenvalue weighted by Gasteiger charge is -2.34. The van der Waals surface area contributed by atoms with Gasteiger partial charge >= 0.3 is 0 Å². The third-order valence-corrected chi connectivity index (χ3v) is 5.74. The van der Waals surface area contributed by atoms with Gasteiger partial charge in [0.15, 0.2) is 0 Å². The molecule has 1 fully saturated rings. The second kappa shape index (κ2) is 8.14. The minimum absolute atomic E-state index is 0.637. The molecule has 1 heterocycles. The smallest absolute Gasteiger partial charge is 0.0943 e. The van der Waals surface area contributed by atoms with Crippen molar-refractivity contribution < 1.29 is 0 Å². The average molecular weight is 295 g/mol. The molecule has 20 heavy (non-hydrogen) atoms. The maximum absolute atomic E-state index is 4.66. The fraction of sp³-hybridized carbons (Fsp3) is 0.824. The molecule has 1 N–H and O–H groups in total. The molecule has 3 heteroatoms. The van der Waals surface area contributed by atoms with Crippen LogP contribution in [0.3, 0.4) is 0 Å². The molecule has 1 aliphatic rings. The van der Waals surface area contributed by atoms with E-state index in [4.69, 9.17) is 0 Å². The van der Waals surface area contributed by atoms with E-state index in [2.05, 4.69) is 36.5 Å². The van der Waals surface area contributed by atoms with Gasteiger partial charge in [0.1, 0.15) is 0 Å². The molecular formula is C17H30N2S. The molecule has 1 aromatic rings. The van der Waals surface area contributed by atoms with Crippen molar-refractivity contribution in [1.29, 1.82) is 0 Å². The summed E-state index contributed by atoms with van der Waals surface area (Å²) >= 11 is 1.83. The van der Waals surface area contributed by atoms with Crippen molar-refractivity contribution >= 4 is 11.3 Å². The fourth-order valence-electron chi connectivity index (χ4n) is 3.42. The van der Waals surface area contributed by atoms with Gasteiger partial charge in [0.05, 0.1) is 5.01 Å². The van der Waals surface area contributed by atoms with E-state index in [1.807, 2.05) is 11.3 Å². The largest absolute Gasteiger partial charge is 0.313 e. The molecular weight excluding hydrogens is 264 g/mol. The van der Waals surface area contributed by atoms with Crippen LogP contribution in [0.4, 0.5) is 0 Å². The van der Waals surface area contributed by atoms with Gasteiger partial charge in [-0.15, -0.1) is 11.3 Å². The molecule has 1 unspecified atom stereocenters. The summed E-state index contributed by atoms with van der Waals surface area (Å²) in [5.74, 6) is 1.84. The van der Waals surface area contributed by atoms with Crippen molar-refractivity contribution in [2.75, 3.05) is 6.54 Å². The molecule has 114 valence electrons. The van der Waals surface area contributed by atoms with Crippen LogP contribution in [0.25, 0.3) is 0 Å². The molecule has 1 atom stereocenters. The lowest BCUT2D eigenvalue weighted by Crippen LogP contribution is -2.40. The van der Waals surface area contributed by atoms with Crippen molar-refractivity contribution in [2.45, 2.75) is 71.8 Å². The van der Waals surface area contributed by atoms with Gasteiger partial charge in [-0.2, -0.15) is 0 Å². The van der Waals surface area contributed by atoms with Gasteiger partial charge in [-0.3, -0.25) is 0 Å². The van der Waals surface area contributed by atoms with E-state index in [0.717, 1.165) is 24.8 Å². The molecule has 0 aromatic carbocycles. The highest BCUT2D eigenvalue weighted by Crippen LogP contribution is 2.33. The van der Waals surface area contributed by atoms with Gasteiger partial charge in [-0.25, -0.2) is 4.98 Å². The Balaban J connectivity index is 1.92. The zero-order valence-corrected chi connectivity index (χ0v) is 14.1. The summed E-state index contributed by atoms with van der Waals surface area (Å²) in [4.78, 5) is 4.66. The molecule has 1 aromatic heterocycles. The number of aryl methyl sites for hydroxylation is 1. The summed E-state index contributed by atoms with van der Waals surface area (Å²) in [5, 5.41) is 7.29. The Morgan fingerprint density at radius 1 is 1.30 bits per heavy atom. The predicted molar refractivity (Wildman–Crippen MR) is 88.4 cm³/mol. The van der Waals surface area contributed by atoms with Crippen LogP contribution in [0.5, 0.6) is 0 Å². The van der Waals surface area contributed by atoms with Crippen LogP contribution in [0.1, 0.15) is 63.1 Å². The molecule has 0 saturated heterocycles. The van der Waals surface area contributed by atoms with E-state index < -0.39 is 0 Å². The summed E-state index contributed by atoms with van der Waals surface area (Å²) in [7, 11) is 0. The lowest BCUT2D eigenvalue weighted by molar-refractivity contribution is 0.216. The van der Waals surface area contributed by atoms with Gasteiger partial charge in [-0.05, 0) is 44.6 Å². The van der Waals surface area contributed by atoms with E-state index in [-0.39, 0.29) is 0 Å². The first kappa shape index (κ1) is 16.0. The topological polar surface area (TPSA) is 24.9 Å². The van der Waals surface area contributed by atoms with Crippen LogP contribution in [0.15, 0.2) is 5.38 Å². The SMILES string of the molecule is CCCNC(Cc1nc(C)cs1)C1CCC(CC)CC1. The Labute approximate surface area is 128 Å². The number of thiazole rings is 1. The average Bonchev–Trinajstić information content (AvgIpc) is 2.89. The van der Waals surface area contributed by atoms with Gasteiger partial charge in [-0.1, -0.05) is 33.1 Å². The highest BCUT2D eigenvalue weighted by atomic mass is 32.1. The maximum atomic E-state index is 4.66. The summed E-state index contributed by atoms with van der Waals surface area (Å²) < 4.78 is 0. The van der Waals surface area contributed by atoms with Crippen LogP contribution in [0.2, 0.25) is 0 Å². The van der Waals surface area contributed by atoms with Crippen molar-refractivity contribution in [3.8, 4) is 0 Å². The minimum Gasteiger partial charge on any atom is -0.313 e. The molecule has 1 saturated carbocycles.